The molecule has 0 aromatic carbocycles. The predicted molar refractivity (Wildman–Crippen MR) is 42.4 cm³/mol. The molecule has 0 spiro atoms. The zero-order valence-electron chi connectivity index (χ0n) is 6.14. The molecule has 0 bridgehead atoms. The van der Waals surface area contributed by atoms with E-state index in [4.69, 9.17) is 6.42 Å². The number of hydrogen-bond acceptors (Lipinski definition) is 0. The summed E-state index contributed by atoms with van der Waals surface area (Å²) >= 11 is 0. The number of hydrogen-bond donors (Lipinski definition) is 0. The SMILES string of the molecule is C#C[C@]12CC=C[C@H]1CCC2. The molecule has 0 unspecified atom stereocenters. The number of fused-ring (bicyclic) bond motifs is 1. The van der Waals surface area contributed by atoms with Crippen LogP contribution in [0.1, 0.15) is 25.7 Å². The highest BCUT2D eigenvalue weighted by molar-refractivity contribution is 5.22. The summed E-state index contributed by atoms with van der Waals surface area (Å²) < 4.78 is 0. The molecule has 0 aromatic heterocycles. The van der Waals surface area contributed by atoms with E-state index in [0.29, 0.717) is 0 Å². The summed E-state index contributed by atoms with van der Waals surface area (Å²) in [7, 11) is 0. The Kier molecular flexibility index (Phi) is 1.14. The van der Waals surface area contributed by atoms with Gasteiger partial charge >= 0.3 is 0 Å². The molecule has 1 fully saturated rings. The average Bonchev–Trinajstić information content (AvgIpc) is 2.42. The van der Waals surface area contributed by atoms with Gasteiger partial charge in [-0.2, -0.15) is 0 Å². The van der Waals surface area contributed by atoms with E-state index < -0.39 is 0 Å². The van der Waals surface area contributed by atoms with Crippen LogP contribution in [0.4, 0.5) is 0 Å². The van der Waals surface area contributed by atoms with Gasteiger partial charge in [-0.1, -0.05) is 24.5 Å². The molecule has 0 aliphatic heterocycles. The van der Waals surface area contributed by atoms with E-state index in [1.165, 1.54) is 19.3 Å². The molecule has 2 atom stereocenters. The molecule has 1 saturated carbocycles. The first-order valence-corrected chi connectivity index (χ1v) is 4.02. The second kappa shape index (κ2) is 1.89. The minimum atomic E-state index is 0.264. The van der Waals surface area contributed by atoms with Crippen LogP contribution in [0.2, 0.25) is 0 Å². The largest absolute Gasteiger partial charge is 0.119 e. The highest BCUT2D eigenvalue weighted by Crippen LogP contribution is 2.49. The lowest BCUT2D eigenvalue weighted by molar-refractivity contribution is 0.372. The first kappa shape index (κ1) is 6.04. The fourth-order valence-electron chi connectivity index (χ4n) is 2.31. The van der Waals surface area contributed by atoms with Gasteiger partial charge in [-0.25, -0.2) is 0 Å². The van der Waals surface area contributed by atoms with Crippen LogP contribution in [0.5, 0.6) is 0 Å². The van der Waals surface area contributed by atoms with Crippen molar-refractivity contribution >= 4 is 0 Å². The Morgan fingerprint density at radius 1 is 1.60 bits per heavy atom. The smallest absolute Gasteiger partial charge is 0.0408 e. The third kappa shape index (κ3) is 0.583. The lowest BCUT2D eigenvalue weighted by Gasteiger charge is -2.21. The Bertz CT molecular complexity index is 207. The third-order valence-corrected chi connectivity index (χ3v) is 2.99. The molecular formula is C10H12. The molecule has 2 aliphatic rings. The van der Waals surface area contributed by atoms with Gasteiger partial charge in [-0.3, -0.25) is 0 Å². The molecule has 10 heavy (non-hydrogen) atoms. The van der Waals surface area contributed by atoms with Crippen molar-refractivity contribution in [1.82, 2.24) is 0 Å². The van der Waals surface area contributed by atoms with Crippen molar-refractivity contribution in [1.29, 1.82) is 0 Å². The summed E-state index contributed by atoms with van der Waals surface area (Å²) in [6.07, 6.45) is 15.1. The molecular weight excluding hydrogens is 120 g/mol. The molecule has 0 saturated heterocycles. The maximum atomic E-state index is 5.52. The second-order valence-corrected chi connectivity index (χ2v) is 3.43. The van der Waals surface area contributed by atoms with Crippen molar-refractivity contribution in [2.45, 2.75) is 25.7 Å². The van der Waals surface area contributed by atoms with E-state index in [0.717, 1.165) is 12.3 Å². The van der Waals surface area contributed by atoms with Crippen molar-refractivity contribution in [3.8, 4) is 12.3 Å². The Hall–Kier alpha value is -0.700. The summed E-state index contributed by atoms with van der Waals surface area (Å²) in [5, 5.41) is 0. The van der Waals surface area contributed by atoms with Gasteiger partial charge in [0, 0.05) is 5.41 Å². The fourth-order valence-corrected chi connectivity index (χ4v) is 2.31. The van der Waals surface area contributed by atoms with Crippen molar-refractivity contribution in [3.05, 3.63) is 12.2 Å². The number of terminal acetylenes is 1. The monoisotopic (exact) mass is 132 g/mol. The van der Waals surface area contributed by atoms with Crippen LogP contribution in [0.15, 0.2) is 12.2 Å². The van der Waals surface area contributed by atoms with Gasteiger partial charge in [0.15, 0.2) is 0 Å². The van der Waals surface area contributed by atoms with Crippen molar-refractivity contribution in [2.75, 3.05) is 0 Å². The number of rotatable bonds is 0. The lowest BCUT2D eigenvalue weighted by Crippen LogP contribution is -2.16. The van der Waals surface area contributed by atoms with Crippen molar-refractivity contribution in [2.24, 2.45) is 11.3 Å². The maximum Gasteiger partial charge on any atom is 0.0408 e. The Morgan fingerprint density at radius 3 is 3.20 bits per heavy atom. The van der Waals surface area contributed by atoms with Crippen LogP contribution >= 0.6 is 0 Å². The van der Waals surface area contributed by atoms with Gasteiger partial charge in [0.1, 0.15) is 0 Å². The van der Waals surface area contributed by atoms with E-state index in [1.54, 1.807) is 0 Å². The fraction of sp³-hybridized carbons (Fsp3) is 0.600. The highest BCUT2D eigenvalue weighted by atomic mass is 14.4. The maximum absolute atomic E-state index is 5.52. The summed E-state index contributed by atoms with van der Waals surface area (Å²) in [5.41, 5.74) is 0.264. The Balaban J connectivity index is 2.31. The van der Waals surface area contributed by atoms with E-state index in [2.05, 4.69) is 18.1 Å². The van der Waals surface area contributed by atoms with Gasteiger partial charge in [-0.05, 0) is 25.2 Å². The molecule has 0 aromatic rings. The molecule has 0 radical (unpaired) electrons. The topological polar surface area (TPSA) is 0 Å². The first-order valence-electron chi connectivity index (χ1n) is 4.02. The van der Waals surface area contributed by atoms with Gasteiger partial charge in [0.2, 0.25) is 0 Å². The minimum absolute atomic E-state index is 0.264. The van der Waals surface area contributed by atoms with Crippen LogP contribution in [0.3, 0.4) is 0 Å². The van der Waals surface area contributed by atoms with Gasteiger partial charge < -0.3 is 0 Å². The molecule has 0 N–H and O–H groups in total. The predicted octanol–water partition coefficient (Wildman–Crippen LogP) is 2.37. The summed E-state index contributed by atoms with van der Waals surface area (Å²) in [5.74, 6) is 3.70. The van der Waals surface area contributed by atoms with Crippen LogP contribution in [0.25, 0.3) is 0 Å². The summed E-state index contributed by atoms with van der Waals surface area (Å²) in [6, 6.07) is 0. The van der Waals surface area contributed by atoms with Gasteiger partial charge in [-0.15, -0.1) is 6.42 Å². The number of allylic oxidation sites excluding steroid dienone is 2. The van der Waals surface area contributed by atoms with E-state index in [-0.39, 0.29) is 5.41 Å². The molecule has 0 nitrogen and oxygen atoms in total. The Morgan fingerprint density at radius 2 is 2.50 bits per heavy atom. The molecule has 2 rings (SSSR count). The van der Waals surface area contributed by atoms with Gasteiger partial charge in [0.05, 0.1) is 0 Å². The normalized spacial score (nSPS) is 43.3. The lowest BCUT2D eigenvalue weighted by atomic mass is 9.81. The van der Waals surface area contributed by atoms with Crippen LogP contribution in [-0.2, 0) is 0 Å². The van der Waals surface area contributed by atoms with E-state index >= 15 is 0 Å². The van der Waals surface area contributed by atoms with Crippen molar-refractivity contribution in [3.63, 3.8) is 0 Å². The zero-order chi connectivity index (χ0) is 7.03. The highest BCUT2D eigenvalue weighted by Gasteiger charge is 2.41. The second-order valence-electron chi connectivity index (χ2n) is 3.43. The van der Waals surface area contributed by atoms with Crippen molar-refractivity contribution < 1.29 is 0 Å². The quantitative estimate of drug-likeness (QED) is 0.350. The summed E-state index contributed by atoms with van der Waals surface area (Å²) in [6.45, 7) is 0. The Labute approximate surface area is 62.3 Å². The third-order valence-electron chi connectivity index (χ3n) is 2.99. The standard InChI is InChI=1S/C10H12/c1-2-10-7-3-5-9(10)6-4-8-10/h1,3,5,9H,4,6-8H2/t9-,10+/m0/s1. The molecule has 2 aliphatic carbocycles. The van der Waals surface area contributed by atoms with E-state index in [1.807, 2.05) is 0 Å². The molecule has 0 heteroatoms. The zero-order valence-corrected chi connectivity index (χ0v) is 6.14. The van der Waals surface area contributed by atoms with Crippen LogP contribution < -0.4 is 0 Å². The van der Waals surface area contributed by atoms with Gasteiger partial charge in [0.25, 0.3) is 0 Å². The van der Waals surface area contributed by atoms with Crippen LogP contribution in [-0.4, -0.2) is 0 Å². The molecule has 0 amide bonds. The van der Waals surface area contributed by atoms with Crippen LogP contribution in [0, 0.1) is 23.7 Å². The minimum Gasteiger partial charge on any atom is -0.119 e. The average molecular weight is 132 g/mol. The molecule has 0 heterocycles. The summed E-state index contributed by atoms with van der Waals surface area (Å²) in [4.78, 5) is 0. The first-order chi connectivity index (χ1) is 4.87. The molecule has 52 valence electrons. The van der Waals surface area contributed by atoms with E-state index in [9.17, 15) is 0 Å².